The molecule has 7 heteroatoms. The van der Waals surface area contributed by atoms with Crippen LogP contribution >= 0.6 is 0 Å². The monoisotopic (exact) mass is 269 g/mol. The number of nitrogens with one attached hydrogen (secondary N) is 1. The number of fused-ring (bicyclic) bond motifs is 1. The maximum Gasteiger partial charge on any atom is 0.273 e. The van der Waals surface area contributed by atoms with Crippen LogP contribution in [0.15, 0.2) is 42.5 Å². The summed E-state index contributed by atoms with van der Waals surface area (Å²) >= 11 is 0. The van der Waals surface area contributed by atoms with Crippen LogP contribution in [0.3, 0.4) is 0 Å². The smallest absolute Gasteiger partial charge is 0.273 e. The summed E-state index contributed by atoms with van der Waals surface area (Å²) in [6.07, 6.45) is 0. The van der Waals surface area contributed by atoms with Gasteiger partial charge in [-0.05, 0) is 18.2 Å². The third kappa shape index (κ3) is 1.95. The first kappa shape index (κ1) is 12.1. The number of non-ortho nitro benzene ring substituents is 1. The number of nitro groups is 1. The molecule has 1 N–H and O–H groups in total. The molecule has 1 heterocycles. The number of para-hydroxylation sites is 1. The second-order valence-corrected chi connectivity index (χ2v) is 4.24. The van der Waals surface area contributed by atoms with Crippen LogP contribution < -0.4 is 5.32 Å². The molecular weight excluding hydrogens is 258 g/mol. The van der Waals surface area contributed by atoms with Gasteiger partial charge in [-0.25, -0.2) is 4.68 Å². The fraction of sp³-hybridized carbons (Fsp3) is 0.0769. The Morgan fingerprint density at radius 3 is 2.80 bits per heavy atom. The molecule has 100 valence electrons. The summed E-state index contributed by atoms with van der Waals surface area (Å²) in [6, 6.07) is 12.2. The molecule has 0 aliphatic heterocycles. The fourth-order valence-electron chi connectivity index (χ4n) is 2.03. The Balaban J connectivity index is 2.23. The summed E-state index contributed by atoms with van der Waals surface area (Å²) in [6.45, 7) is 0. The van der Waals surface area contributed by atoms with Crippen LogP contribution in [0, 0.1) is 10.1 Å². The first-order chi connectivity index (χ1) is 9.69. The van der Waals surface area contributed by atoms with Crippen molar-refractivity contribution >= 4 is 22.4 Å². The quantitative estimate of drug-likeness (QED) is 0.582. The van der Waals surface area contributed by atoms with Crippen molar-refractivity contribution in [3.8, 4) is 5.69 Å². The summed E-state index contributed by atoms with van der Waals surface area (Å²) in [7, 11) is 1.71. The van der Waals surface area contributed by atoms with E-state index < -0.39 is 4.92 Å². The molecule has 0 spiro atoms. The van der Waals surface area contributed by atoms with Gasteiger partial charge in [0.05, 0.1) is 16.1 Å². The summed E-state index contributed by atoms with van der Waals surface area (Å²) in [5, 5.41) is 22.0. The van der Waals surface area contributed by atoms with Gasteiger partial charge < -0.3 is 5.32 Å². The third-order valence-electron chi connectivity index (χ3n) is 3.00. The van der Waals surface area contributed by atoms with Crippen molar-refractivity contribution in [1.29, 1.82) is 0 Å². The van der Waals surface area contributed by atoms with E-state index in [-0.39, 0.29) is 5.69 Å². The highest BCUT2D eigenvalue weighted by Crippen LogP contribution is 2.24. The van der Waals surface area contributed by atoms with Crippen molar-refractivity contribution in [3.05, 3.63) is 52.6 Å². The normalized spacial score (nSPS) is 10.7. The molecule has 1 aromatic heterocycles. The molecule has 7 nitrogen and oxygen atoms in total. The molecule has 0 atom stereocenters. The highest BCUT2D eigenvalue weighted by Gasteiger charge is 2.13. The molecule has 0 radical (unpaired) electrons. The summed E-state index contributed by atoms with van der Waals surface area (Å²) in [4.78, 5) is 10.6. The zero-order chi connectivity index (χ0) is 14.1. The molecule has 0 bridgehead atoms. The molecule has 3 aromatic rings. The number of rotatable bonds is 3. The number of aromatic nitrogens is 3. The molecule has 2 aromatic carbocycles. The van der Waals surface area contributed by atoms with Crippen molar-refractivity contribution in [3.63, 3.8) is 0 Å². The van der Waals surface area contributed by atoms with Crippen molar-refractivity contribution in [1.82, 2.24) is 15.0 Å². The minimum atomic E-state index is -0.427. The SMILES string of the molecule is CNc1cc(-n2nnc3ccccc32)cc([N+](=O)[O-])c1. The predicted molar refractivity (Wildman–Crippen MR) is 75.1 cm³/mol. The van der Waals surface area contributed by atoms with Gasteiger partial charge in [0.15, 0.2) is 0 Å². The molecule has 3 rings (SSSR count). The molecule has 0 saturated heterocycles. The number of benzene rings is 2. The standard InChI is InChI=1S/C13H11N5O2/c1-14-9-6-10(8-11(7-9)18(19)20)17-13-5-3-2-4-12(13)15-16-17/h2-8,14H,1H3. The average Bonchev–Trinajstić information content (AvgIpc) is 2.90. The molecule has 20 heavy (non-hydrogen) atoms. The summed E-state index contributed by atoms with van der Waals surface area (Å²) in [5.74, 6) is 0. The molecular formula is C13H11N5O2. The van der Waals surface area contributed by atoms with E-state index in [1.807, 2.05) is 24.3 Å². The lowest BCUT2D eigenvalue weighted by molar-refractivity contribution is -0.384. The lowest BCUT2D eigenvalue weighted by Gasteiger charge is -2.06. The van der Waals surface area contributed by atoms with E-state index in [4.69, 9.17) is 0 Å². The van der Waals surface area contributed by atoms with E-state index in [2.05, 4.69) is 15.6 Å². The Kier molecular flexibility index (Phi) is 2.79. The summed E-state index contributed by atoms with van der Waals surface area (Å²) in [5.41, 5.74) is 2.79. The largest absolute Gasteiger partial charge is 0.388 e. The van der Waals surface area contributed by atoms with Crippen LogP contribution in [0.2, 0.25) is 0 Å². The van der Waals surface area contributed by atoms with Gasteiger partial charge in [0.25, 0.3) is 5.69 Å². The van der Waals surface area contributed by atoms with E-state index in [1.54, 1.807) is 17.8 Å². The molecule has 0 unspecified atom stereocenters. The lowest BCUT2D eigenvalue weighted by Crippen LogP contribution is -2.00. The number of hydrogen-bond donors (Lipinski definition) is 1. The Hall–Kier alpha value is -2.96. The van der Waals surface area contributed by atoms with Crippen molar-refractivity contribution < 1.29 is 4.92 Å². The topological polar surface area (TPSA) is 85.9 Å². The highest BCUT2D eigenvalue weighted by atomic mass is 16.6. The zero-order valence-corrected chi connectivity index (χ0v) is 10.6. The number of nitro benzene ring substituents is 1. The van der Waals surface area contributed by atoms with E-state index in [1.165, 1.54) is 12.1 Å². The van der Waals surface area contributed by atoms with Gasteiger partial charge in [-0.2, -0.15) is 0 Å². The fourth-order valence-corrected chi connectivity index (χ4v) is 2.03. The Morgan fingerprint density at radius 2 is 2.05 bits per heavy atom. The first-order valence-electron chi connectivity index (χ1n) is 5.97. The van der Waals surface area contributed by atoms with Gasteiger partial charge in [0.2, 0.25) is 0 Å². The average molecular weight is 269 g/mol. The van der Waals surface area contributed by atoms with Crippen LogP contribution in [-0.4, -0.2) is 27.0 Å². The minimum Gasteiger partial charge on any atom is -0.388 e. The van der Waals surface area contributed by atoms with Gasteiger partial charge in [0, 0.05) is 24.9 Å². The second-order valence-electron chi connectivity index (χ2n) is 4.24. The van der Waals surface area contributed by atoms with Gasteiger partial charge >= 0.3 is 0 Å². The minimum absolute atomic E-state index is 0.00595. The Labute approximate surface area is 114 Å². The second kappa shape index (κ2) is 4.61. The van der Waals surface area contributed by atoms with Crippen molar-refractivity contribution in [2.24, 2.45) is 0 Å². The van der Waals surface area contributed by atoms with Crippen LogP contribution in [0.4, 0.5) is 11.4 Å². The third-order valence-corrected chi connectivity index (χ3v) is 3.00. The molecule has 0 amide bonds. The predicted octanol–water partition coefficient (Wildman–Crippen LogP) is 2.37. The molecule has 0 aliphatic carbocycles. The van der Waals surface area contributed by atoms with Crippen LogP contribution in [0.5, 0.6) is 0 Å². The maximum atomic E-state index is 11.0. The van der Waals surface area contributed by atoms with E-state index >= 15 is 0 Å². The van der Waals surface area contributed by atoms with Crippen molar-refractivity contribution in [2.75, 3.05) is 12.4 Å². The first-order valence-corrected chi connectivity index (χ1v) is 5.97. The maximum absolute atomic E-state index is 11.0. The van der Waals surface area contributed by atoms with E-state index in [0.29, 0.717) is 11.4 Å². The van der Waals surface area contributed by atoms with E-state index in [0.717, 1.165) is 11.0 Å². The van der Waals surface area contributed by atoms with Gasteiger partial charge in [-0.3, -0.25) is 10.1 Å². The van der Waals surface area contributed by atoms with Gasteiger partial charge in [0.1, 0.15) is 5.52 Å². The zero-order valence-electron chi connectivity index (χ0n) is 10.6. The van der Waals surface area contributed by atoms with Crippen LogP contribution in [-0.2, 0) is 0 Å². The highest BCUT2D eigenvalue weighted by molar-refractivity contribution is 5.76. The Morgan fingerprint density at radius 1 is 1.25 bits per heavy atom. The Bertz CT molecular complexity index is 796. The molecule has 0 aliphatic rings. The van der Waals surface area contributed by atoms with Crippen LogP contribution in [0.25, 0.3) is 16.7 Å². The molecule has 0 fully saturated rings. The van der Waals surface area contributed by atoms with Crippen LogP contribution in [0.1, 0.15) is 0 Å². The van der Waals surface area contributed by atoms with Crippen molar-refractivity contribution in [2.45, 2.75) is 0 Å². The number of nitrogens with zero attached hydrogens (tertiary/aromatic N) is 4. The van der Waals surface area contributed by atoms with Gasteiger partial charge in [-0.1, -0.05) is 17.3 Å². The lowest BCUT2D eigenvalue weighted by atomic mass is 10.2. The number of anilines is 1. The molecule has 0 saturated carbocycles. The van der Waals surface area contributed by atoms with Gasteiger partial charge in [-0.15, -0.1) is 5.10 Å². The van der Waals surface area contributed by atoms with E-state index in [9.17, 15) is 10.1 Å². The summed E-state index contributed by atoms with van der Waals surface area (Å²) < 4.78 is 1.59. The number of hydrogen-bond acceptors (Lipinski definition) is 5.